The Morgan fingerprint density at radius 3 is 2.95 bits per heavy atom. The minimum Gasteiger partial charge on any atom is -0.333 e. The van der Waals surface area contributed by atoms with Crippen LogP contribution in [-0.2, 0) is 0 Å². The molecule has 0 radical (unpaired) electrons. The Bertz CT molecular complexity index is 521. The SMILES string of the molecule is CCCCCCNCCSc1nc2ccc(C)cc2[nH]1. The van der Waals surface area contributed by atoms with Crippen molar-refractivity contribution in [2.45, 2.75) is 44.7 Å². The molecule has 2 N–H and O–H groups in total. The average molecular weight is 291 g/mol. The molecule has 0 unspecified atom stereocenters. The van der Waals surface area contributed by atoms with E-state index < -0.39 is 0 Å². The fourth-order valence-electron chi connectivity index (χ4n) is 2.19. The van der Waals surface area contributed by atoms with Gasteiger partial charge >= 0.3 is 0 Å². The summed E-state index contributed by atoms with van der Waals surface area (Å²) in [5.74, 6) is 1.06. The van der Waals surface area contributed by atoms with Crippen LogP contribution in [0.2, 0.25) is 0 Å². The molecule has 1 aromatic heterocycles. The summed E-state index contributed by atoms with van der Waals surface area (Å²) in [5.41, 5.74) is 3.47. The maximum Gasteiger partial charge on any atom is 0.166 e. The zero-order valence-electron chi connectivity index (χ0n) is 12.5. The maximum absolute atomic E-state index is 4.59. The Balaban J connectivity index is 1.65. The number of thioether (sulfide) groups is 1. The van der Waals surface area contributed by atoms with Crippen LogP contribution in [0.1, 0.15) is 38.2 Å². The molecule has 0 aliphatic heterocycles. The lowest BCUT2D eigenvalue weighted by Crippen LogP contribution is -2.18. The second-order valence-electron chi connectivity index (χ2n) is 5.22. The first-order chi connectivity index (χ1) is 9.79. The van der Waals surface area contributed by atoms with E-state index in [2.05, 4.69) is 47.3 Å². The van der Waals surface area contributed by atoms with E-state index in [1.54, 1.807) is 11.8 Å². The number of hydrogen-bond donors (Lipinski definition) is 2. The van der Waals surface area contributed by atoms with Crippen LogP contribution < -0.4 is 5.32 Å². The molecule has 4 heteroatoms. The molecule has 0 saturated carbocycles. The molecule has 0 amide bonds. The first-order valence-electron chi connectivity index (χ1n) is 7.59. The summed E-state index contributed by atoms with van der Waals surface area (Å²) in [5, 5.41) is 4.52. The van der Waals surface area contributed by atoms with Crippen LogP contribution in [0, 0.1) is 6.92 Å². The Morgan fingerprint density at radius 2 is 2.10 bits per heavy atom. The summed E-state index contributed by atoms with van der Waals surface area (Å²) in [6.07, 6.45) is 5.30. The van der Waals surface area contributed by atoms with Crippen LogP contribution in [0.5, 0.6) is 0 Å². The molecule has 110 valence electrons. The van der Waals surface area contributed by atoms with Gasteiger partial charge in [-0.05, 0) is 37.6 Å². The van der Waals surface area contributed by atoms with Crippen molar-refractivity contribution >= 4 is 22.8 Å². The molecule has 0 aliphatic carbocycles. The summed E-state index contributed by atoms with van der Waals surface area (Å²) >= 11 is 1.79. The number of benzene rings is 1. The topological polar surface area (TPSA) is 40.7 Å². The fourth-order valence-corrected chi connectivity index (χ4v) is 2.97. The number of aryl methyl sites for hydroxylation is 1. The van der Waals surface area contributed by atoms with E-state index in [1.165, 1.54) is 31.2 Å². The Hall–Kier alpha value is -1.00. The highest BCUT2D eigenvalue weighted by molar-refractivity contribution is 7.99. The van der Waals surface area contributed by atoms with Crippen molar-refractivity contribution in [3.8, 4) is 0 Å². The molecule has 2 rings (SSSR count). The monoisotopic (exact) mass is 291 g/mol. The van der Waals surface area contributed by atoms with E-state index in [0.717, 1.165) is 35.0 Å². The van der Waals surface area contributed by atoms with E-state index in [-0.39, 0.29) is 0 Å². The third-order valence-electron chi connectivity index (χ3n) is 3.34. The molecule has 0 saturated heterocycles. The van der Waals surface area contributed by atoms with Gasteiger partial charge in [0, 0.05) is 12.3 Å². The molecule has 0 atom stereocenters. The molecule has 2 aromatic rings. The lowest BCUT2D eigenvalue weighted by atomic mass is 10.2. The zero-order valence-corrected chi connectivity index (χ0v) is 13.4. The minimum atomic E-state index is 1.03. The van der Waals surface area contributed by atoms with Crippen LogP contribution in [0.3, 0.4) is 0 Å². The normalized spacial score (nSPS) is 11.3. The predicted octanol–water partition coefficient (Wildman–Crippen LogP) is 4.13. The number of H-pyrrole nitrogens is 1. The lowest BCUT2D eigenvalue weighted by Gasteiger charge is -2.03. The van der Waals surface area contributed by atoms with Gasteiger partial charge in [-0.15, -0.1) is 0 Å². The van der Waals surface area contributed by atoms with E-state index in [1.807, 2.05) is 0 Å². The molecule has 3 nitrogen and oxygen atoms in total. The fraction of sp³-hybridized carbons (Fsp3) is 0.562. The molecule has 0 fully saturated rings. The zero-order chi connectivity index (χ0) is 14.2. The summed E-state index contributed by atoms with van der Waals surface area (Å²) in [6, 6.07) is 6.34. The number of fused-ring (bicyclic) bond motifs is 1. The first kappa shape index (κ1) is 15.4. The molecular weight excluding hydrogens is 266 g/mol. The van der Waals surface area contributed by atoms with Crippen molar-refractivity contribution in [1.82, 2.24) is 15.3 Å². The largest absolute Gasteiger partial charge is 0.333 e. The first-order valence-corrected chi connectivity index (χ1v) is 8.58. The number of aromatic amines is 1. The van der Waals surface area contributed by atoms with Crippen LogP contribution in [-0.4, -0.2) is 28.8 Å². The molecule has 1 heterocycles. The van der Waals surface area contributed by atoms with Crippen molar-refractivity contribution in [3.63, 3.8) is 0 Å². The van der Waals surface area contributed by atoms with Crippen LogP contribution >= 0.6 is 11.8 Å². The van der Waals surface area contributed by atoms with Crippen molar-refractivity contribution in [3.05, 3.63) is 23.8 Å². The second kappa shape index (κ2) is 8.32. The molecule has 0 spiro atoms. The quantitative estimate of drug-likeness (QED) is 0.539. The number of nitrogens with one attached hydrogen (secondary N) is 2. The standard InChI is InChI=1S/C16H25N3S/c1-3-4-5-6-9-17-10-11-20-16-18-14-8-7-13(2)12-15(14)19-16/h7-8,12,17H,3-6,9-11H2,1-2H3,(H,18,19). The molecule has 0 bridgehead atoms. The smallest absolute Gasteiger partial charge is 0.166 e. The van der Waals surface area contributed by atoms with Crippen molar-refractivity contribution < 1.29 is 0 Å². The minimum absolute atomic E-state index is 1.03. The summed E-state index contributed by atoms with van der Waals surface area (Å²) in [6.45, 7) is 6.54. The van der Waals surface area contributed by atoms with Gasteiger partial charge in [0.2, 0.25) is 0 Å². The molecular formula is C16H25N3S. The molecule has 1 aromatic carbocycles. The maximum atomic E-state index is 4.59. The van der Waals surface area contributed by atoms with Gasteiger partial charge in [-0.25, -0.2) is 4.98 Å². The van der Waals surface area contributed by atoms with Crippen LogP contribution in [0.15, 0.2) is 23.4 Å². The van der Waals surface area contributed by atoms with Gasteiger partial charge in [0.15, 0.2) is 5.16 Å². The number of aromatic nitrogens is 2. The van der Waals surface area contributed by atoms with Crippen molar-refractivity contribution in [2.75, 3.05) is 18.8 Å². The van der Waals surface area contributed by atoms with E-state index >= 15 is 0 Å². The average Bonchev–Trinajstić information content (AvgIpc) is 2.83. The van der Waals surface area contributed by atoms with E-state index in [9.17, 15) is 0 Å². The van der Waals surface area contributed by atoms with Crippen molar-refractivity contribution in [2.24, 2.45) is 0 Å². The highest BCUT2D eigenvalue weighted by Gasteiger charge is 2.02. The number of imidazole rings is 1. The Labute approximate surface area is 125 Å². The van der Waals surface area contributed by atoms with Gasteiger partial charge < -0.3 is 10.3 Å². The van der Waals surface area contributed by atoms with Gasteiger partial charge in [0.25, 0.3) is 0 Å². The van der Waals surface area contributed by atoms with Gasteiger partial charge in [0.1, 0.15) is 0 Å². The Morgan fingerprint density at radius 1 is 1.20 bits per heavy atom. The Kier molecular flexibility index (Phi) is 6.40. The third kappa shape index (κ3) is 4.84. The second-order valence-corrected chi connectivity index (χ2v) is 6.31. The third-order valence-corrected chi connectivity index (χ3v) is 4.22. The number of nitrogens with zero attached hydrogens (tertiary/aromatic N) is 1. The van der Waals surface area contributed by atoms with Gasteiger partial charge in [-0.3, -0.25) is 0 Å². The summed E-state index contributed by atoms with van der Waals surface area (Å²) < 4.78 is 0. The van der Waals surface area contributed by atoms with Crippen LogP contribution in [0.4, 0.5) is 0 Å². The highest BCUT2D eigenvalue weighted by Crippen LogP contribution is 2.19. The summed E-state index contributed by atoms with van der Waals surface area (Å²) in [7, 11) is 0. The van der Waals surface area contributed by atoms with Crippen molar-refractivity contribution in [1.29, 1.82) is 0 Å². The predicted molar refractivity (Wildman–Crippen MR) is 88.6 cm³/mol. The highest BCUT2D eigenvalue weighted by atomic mass is 32.2. The number of rotatable bonds is 9. The van der Waals surface area contributed by atoms with Crippen LogP contribution in [0.25, 0.3) is 11.0 Å². The lowest BCUT2D eigenvalue weighted by molar-refractivity contribution is 0.612. The van der Waals surface area contributed by atoms with E-state index in [4.69, 9.17) is 0 Å². The summed E-state index contributed by atoms with van der Waals surface area (Å²) in [4.78, 5) is 7.97. The van der Waals surface area contributed by atoms with Gasteiger partial charge in [-0.2, -0.15) is 0 Å². The molecule has 0 aliphatic rings. The number of hydrogen-bond acceptors (Lipinski definition) is 3. The van der Waals surface area contributed by atoms with E-state index in [0.29, 0.717) is 0 Å². The van der Waals surface area contributed by atoms with Gasteiger partial charge in [-0.1, -0.05) is 44.0 Å². The molecule has 20 heavy (non-hydrogen) atoms. The van der Waals surface area contributed by atoms with Gasteiger partial charge in [0.05, 0.1) is 11.0 Å². The number of unbranched alkanes of at least 4 members (excludes halogenated alkanes) is 3.